The van der Waals surface area contributed by atoms with Gasteiger partial charge in [0.2, 0.25) is 17.7 Å². The predicted molar refractivity (Wildman–Crippen MR) is 292 cm³/mol. The summed E-state index contributed by atoms with van der Waals surface area (Å²) < 4.78 is 10.1. The van der Waals surface area contributed by atoms with Gasteiger partial charge in [-0.2, -0.15) is 0 Å². The number of hydrogen-bond acceptors (Lipinski definition) is 13. The number of amides is 6. The molecule has 3 aromatic rings. The number of aliphatic hydroxyl groups excluding tert-OH is 1. The number of nitrogens with zero attached hydrogens (tertiary/aromatic N) is 3. The molecule has 0 fully saturated rings. The first-order valence-corrected chi connectivity index (χ1v) is 26.8. The van der Waals surface area contributed by atoms with Crippen molar-refractivity contribution in [3.8, 4) is 0 Å². The number of carboxylic acid groups (broad SMARTS) is 1. The van der Waals surface area contributed by atoms with Crippen LogP contribution < -0.4 is 22.1 Å². The Hall–Kier alpha value is -6.70. The molecule has 0 radical (unpaired) electrons. The molecule has 3 rings (SSSR count). The first kappa shape index (κ1) is 64.6. The van der Waals surface area contributed by atoms with Crippen molar-refractivity contribution in [1.82, 2.24) is 25.6 Å². The van der Waals surface area contributed by atoms with E-state index in [1.165, 1.54) is 7.11 Å². The summed E-state index contributed by atoms with van der Waals surface area (Å²) >= 11 is 0. The largest absolute Gasteiger partial charge is 0.480 e. The van der Waals surface area contributed by atoms with Crippen LogP contribution in [0.15, 0.2) is 91.0 Å². The van der Waals surface area contributed by atoms with E-state index < -0.39 is 108 Å². The number of ether oxygens (including phenoxy) is 2. The summed E-state index contributed by atoms with van der Waals surface area (Å²) in [7, 11) is 1.24. The van der Waals surface area contributed by atoms with Crippen molar-refractivity contribution in [2.75, 3.05) is 13.7 Å². The van der Waals surface area contributed by atoms with E-state index in [1.54, 1.807) is 116 Å². The van der Waals surface area contributed by atoms with Gasteiger partial charge >= 0.3 is 18.0 Å². The highest BCUT2D eigenvalue weighted by Crippen LogP contribution is 2.30. The molecule has 3 aromatic carbocycles. The quantitative estimate of drug-likeness (QED) is 0.0247. The van der Waals surface area contributed by atoms with Gasteiger partial charge in [-0.1, -0.05) is 153 Å². The molecule has 77 heavy (non-hydrogen) atoms. The molecule has 0 spiro atoms. The molecule has 7 atom stereocenters. The molecular weight excluding hydrogens is 987 g/mol. The Morgan fingerprint density at radius 1 is 0.571 bits per heavy atom. The summed E-state index contributed by atoms with van der Waals surface area (Å²) in [4.78, 5) is 114. The number of hydrazine groups is 1. The van der Waals surface area contributed by atoms with E-state index in [0.29, 0.717) is 24.0 Å². The van der Waals surface area contributed by atoms with Gasteiger partial charge in [-0.3, -0.25) is 33.7 Å². The Bertz CT molecular complexity index is 2340. The van der Waals surface area contributed by atoms with Crippen LogP contribution in [0.3, 0.4) is 0 Å². The van der Waals surface area contributed by atoms with Gasteiger partial charge in [0.1, 0.15) is 12.6 Å². The van der Waals surface area contributed by atoms with Crippen LogP contribution >= 0.6 is 0 Å². The number of methoxy groups -OCH3 is 1. The zero-order valence-corrected chi connectivity index (χ0v) is 46.5. The maximum absolute atomic E-state index is 15.6. The van der Waals surface area contributed by atoms with Crippen molar-refractivity contribution in [2.45, 2.75) is 169 Å². The summed E-state index contributed by atoms with van der Waals surface area (Å²) in [5, 5.41) is 31.9. The summed E-state index contributed by atoms with van der Waals surface area (Å²) in [6.45, 7) is 13.6. The Morgan fingerprint density at radius 2 is 1.06 bits per heavy atom. The maximum Gasteiger partial charge on any atom is 0.407 e. The minimum absolute atomic E-state index is 0.0454. The Balaban J connectivity index is 2.34. The Labute approximate surface area is 454 Å². The number of hydrogen-bond donors (Lipinski definition) is 6. The predicted octanol–water partition coefficient (Wildman–Crippen LogP) is 5.93. The summed E-state index contributed by atoms with van der Waals surface area (Å²) in [5.74, 6) is -8.37. The fraction of sp³-hybridized carbons (Fsp3) is 0.552. The smallest absolute Gasteiger partial charge is 0.407 e. The second kappa shape index (κ2) is 32.8. The second-order valence-corrected chi connectivity index (χ2v) is 20.9. The zero-order chi connectivity index (χ0) is 57.4. The number of nitrogens with two attached hydrogens (primary N) is 2. The molecule has 8 N–H and O–H groups in total. The standard InChI is InChI=1S/C58H85N7O12/c1-37(2)49(59)54(70)62-51(39(5)6)56(72)63(46(66)30-20-13-23-33-61-58(75)77-36-43-28-18-12-19-29-43)44(34-41-24-14-10-15-25-41)53(69)45(35-42-26-16-11-17-27-42)64(47(67)31-21-22-32-48(68)76-9)65(52(40(7)8)57(73)74)55(71)50(60)38(3)4/h10-12,14-19,24-29,37-40,44-45,49-53,69H,13,20-23,30-36,59-60H2,1-9H3,(H,61,75)(H,62,70)(H,73,74)/t44?,45?,49-,50-,51-,52-,53?/m0/s1. The third-order valence-electron chi connectivity index (χ3n) is 13.4. The van der Waals surface area contributed by atoms with Crippen molar-refractivity contribution >= 4 is 47.6 Å². The first-order chi connectivity index (χ1) is 36.5. The number of nitrogens with one attached hydrogen (secondary N) is 2. The third-order valence-corrected chi connectivity index (χ3v) is 13.4. The van der Waals surface area contributed by atoms with Crippen LogP contribution in [0, 0.1) is 23.7 Å². The topological polar surface area (TPSA) is 281 Å². The molecule has 0 heterocycles. The Morgan fingerprint density at radius 3 is 1.56 bits per heavy atom. The molecule has 0 aromatic heterocycles. The van der Waals surface area contributed by atoms with Gasteiger partial charge in [-0.15, -0.1) is 0 Å². The van der Waals surface area contributed by atoms with E-state index in [9.17, 15) is 29.4 Å². The van der Waals surface area contributed by atoms with Crippen LogP contribution in [-0.4, -0.2) is 129 Å². The van der Waals surface area contributed by atoms with E-state index >= 15 is 19.2 Å². The van der Waals surface area contributed by atoms with Crippen molar-refractivity contribution in [1.29, 1.82) is 0 Å². The van der Waals surface area contributed by atoms with Crippen LogP contribution in [0.5, 0.6) is 0 Å². The number of aliphatic hydroxyl groups is 1. The fourth-order valence-corrected chi connectivity index (χ4v) is 8.75. The molecule has 19 heteroatoms. The van der Waals surface area contributed by atoms with Crippen LogP contribution in [0.4, 0.5) is 4.79 Å². The molecule has 0 saturated carbocycles. The number of aliphatic carboxylic acids is 1. The summed E-state index contributed by atoms with van der Waals surface area (Å²) in [6.07, 6.45) is -2.38. The monoisotopic (exact) mass is 1070 g/mol. The molecule has 0 aliphatic heterocycles. The lowest BCUT2D eigenvalue weighted by Crippen LogP contribution is -2.69. The average Bonchev–Trinajstić information content (AvgIpc) is 3.40. The molecule has 3 unspecified atom stereocenters. The average molecular weight is 1070 g/mol. The van der Waals surface area contributed by atoms with E-state index in [2.05, 4.69) is 10.6 Å². The van der Waals surface area contributed by atoms with Gasteiger partial charge in [0.15, 0.2) is 6.04 Å². The summed E-state index contributed by atoms with van der Waals surface area (Å²) in [5.41, 5.74) is 14.8. The van der Waals surface area contributed by atoms with E-state index in [-0.39, 0.29) is 70.4 Å². The van der Waals surface area contributed by atoms with Crippen molar-refractivity contribution in [2.24, 2.45) is 35.1 Å². The lowest BCUT2D eigenvalue weighted by molar-refractivity contribution is -0.193. The van der Waals surface area contributed by atoms with E-state index in [4.69, 9.17) is 20.9 Å². The lowest BCUT2D eigenvalue weighted by Gasteiger charge is -2.48. The van der Waals surface area contributed by atoms with Gasteiger partial charge in [-0.25, -0.2) is 19.6 Å². The minimum Gasteiger partial charge on any atom is -0.480 e. The Kier molecular flexibility index (Phi) is 27.5. The molecule has 6 amide bonds. The highest BCUT2D eigenvalue weighted by Gasteiger charge is 2.49. The molecule has 19 nitrogen and oxygen atoms in total. The van der Waals surface area contributed by atoms with Crippen molar-refractivity contribution in [3.05, 3.63) is 108 Å². The fourth-order valence-electron chi connectivity index (χ4n) is 8.75. The van der Waals surface area contributed by atoms with E-state index in [0.717, 1.165) is 20.5 Å². The SMILES string of the molecule is COC(=O)CCCCC(=O)N(C(Cc1ccccc1)C(O)C(Cc1ccccc1)N(C(=O)CCCCCNC(=O)OCc1ccccc1)C(=O)[C@@H](NC(=O)[C@@H](N)C(C)C)C(C)C)N(C(=O)[C@@H](N)C(C)C)[C@H](C(=O)O)C(C)C. The molecule has 424 valence electrons. The van der Waals surface area contributed by atoms with Crippen LogP contribution in [0.2, 0.25) is 0 Å². The normalized spacial score (nSPS) is 14.1. The van der Waals surface area contributed by atoms with Crippen LogP contribution in [-0.2, 0) is 62.5 Å². The van der Waals surface area contributed by atoms with Gasteiger partial charge in [0.05, 0.1) is 37.4 Å². The number of carboxylic acids is 1. The zero-order valence-electron chi connectivity index (χ0n) is 46.5. The van der Waals surface area contributed by atoms with Crippen LogP contribution in [0.25, 0.3) is 0 Å². The number of rotatable bonds is 31. The molecule has 0 bridgehead atoms. The number of carbonyl (C=O) groups is 8. The van der Waals surface area contributed by atoms with E-state index in [1.807, 2.05) is 30.3 Å². The van der Waals surface area contributed by atoms with Gasteiger partial charge in [0, 0.05) is 25.8 Å². The highest BCUT2D eigenvalue weighted by molar-refractivity contribution is 6.00. The van der Waals surface area contributed by atoms with Crippen molar-refractivity contribution in [3.63, 3.8) is 0 Å². The molecule has 0 saturated heterocycles. The van der Waals surface area contributed by atoms with Crippen LogP contribution in [0.1, 0.15) is 123 Å². The number of esters is 1. The minimum atomic E-state index is -1.96. The molecular formula is C58H85N7O12. The van der Waals surface area contributed by atoms with Crippen molar-refractivity contribution < 1.29 is 58.0 Å². The number of unbranched alkanes of at least 4 members (excludes halogenated alkanes) is 3. The number of imide groups is 1. The number of alkyl carbamates (subject to hydrolysis) is 1. The lowest BCUT2D eigenvalue weighted by atomic mass is 9.88. The number of carbonyl (C=O) groups excluding carboxylic acids is 7. The summed E-state index contributed by atoms with van der Waals surface area (Å²) in [6, 6.07) is 17.9. The third kappa shape index (κ3) is 20.3. The maximum atomic E-state index is 15.6. The molecule has 0 aliphatic rings. The highest BCUT2D eigenvalue weighted by atomic mass is 16.5. The number of benzene rings is 3. The first-order valence-electron chi connectivity index (χ1n) is 26.8. The molecule has 0 aliphatic carbocycles. The van der Waals surface area contributed by atoms with Gasteiger partial charge in [0.25, 0.3) is 11.8 Å². The van der Waals surface area contributed by atoms with Gasteiger partial charge < -0.3 is 41.8 Å². The van der Waals surface area contributed by atoms with Gasteiger partial charge in [-0.05, 0) is 78.9 Å². The second-order valence-electron chi connectivity index (χ2n) is 20.9.